The van der Waals surface area contributed by atoms with Crippen LogP contribution in [0.15, 0.2) is 24.3 Å². The second-order valence-electron chi connectivity index (χ2n) is 3.75. The number of halogens is 1. The van der Waals surface area contributed by atoms with E-state index in [1.807, 2.05) is 24.3 Å². The van der Waals surface area contributed by atoms with Crippen molar-refractivity contribution in [2.24, 2.45) is 0 Å². The number of ether oxygens (including phenoxy) is 1. The molecule has 0 bridgehead atoms. The molecule has 1 amide bonds. The molecule has 0 saturated carbocycles. The van der Waals surface area contributed by atoms with Crippen molar-refractivity contribution in [3.05, 3.63) is 29.8 Å². The first-order valence-electron chi connectivity index (χ1n) is 5.39. The summed E-state index contributed by atoms with van der Waals surface area (Å²) in [5.41, 5.74) is 1.12. The Kier molecular flexibility index (Phi) is 4.04. The smallest absolute Gasteiger partial charge is 0.261 e. The van der Waals surface area contributed by atoms with Crippen LogP contribution in [0.3, 0.4) is 0 Å². The van der Waals surface area contributed by atoms with Crippen LogP contribution in [-0.2, 0) is 11.2 Å². The van der Waals surface area contributed by atoms with Gasteiger partial charge in [0.05, 0.1) is 0 Å². The van der Waals surface area contributed by atoms with Gasteiger partial charge in [0.15, 0.2) is 6.10 Å². The number of amides is 1. The summed E-state index contributed by atoms with van der Waals surface area (Å²) in [6.45, 7) is 0.734. The Hall–Kier alpha value is -0.780. The van der Waals surface area contributed by atoms with Crippen molar-refractivity contribution in [2.75, 3.05) is 11.0 Å². The molecule has 0 aromatic heterocycles. The highest BCUT2D eigenvalue weighted by Gasteiger charge is 2.28. The molecule has 4 heteroatoms. The van der Waals surface area contributed by atoms with Gasteiger partial charge in [-0.3, -0.25) is 4.79 Å². The topological polar surface area (TPSA) is 38.3 Å². The summed E-state index contributed by atoms with van der Waals surface area (Å²) in [6.07, 6.45) is 1.35. The highest BCUT2D eigenvalue weighted by Crippen LogP contribution is 2.27. The van der Waals surface area contributed by atoms with Crippen LogP contribution in [0.25, 0.3) is 0 Å². The third kappa shape index (κ3) is 2.66. The van der Waals surface area contributed by atoms with Gasteiger partial charge in [0.25, 0.3) is 5.91 Å². The third-order valence-electron chi connectivity index (χ3n) is 2.55. The van der Waals surface area contributed by atoms with Crippen LogP contribution in [-0.4, -0.2) is 23.0 Å². The quantitative estimate of drug-likeness (QED) is 0.520. The van der Waals surface area contributed by atoms with Gasteiger partial charge in [-0.25, -0.2) is 0 Å². The number of alkyl halides is 1. The monoisotopic (exact) mass is 331 g/mol. The van der Waals surface area contributed by atoms with Crippen LogP contribution in [0.2, 0.25) is 0 Å². The molecule has 0 radical (unpaired) electrons. The van der Waals surface area contributed by atoms with Gasteiger partial charge >= 0.3 is 0 Å². The maximum absolute atomic E-state index is 11.8. The van der Waals surface area contributed by atoms with Crippen LogP contribution in [0.1, 0.15) is 12.0 Å². The van der Waals surface area contributed by atoms with Crippen molar-refractivity contribution in [1.29, 1.82) is 0 Å². The number of hydrogen-bond acceptors (Lipinski definition) is 2. The van der Waals surface area contributed by atoms with Crippen LogP contribution < -0.4 is 10.1 Å². The van der Waals surface area contributed by atoms with Crippen molar-refractivity contribution in [3.8, 4) is 5.75 Å². The Morgan fingerprint density at radius 2 is 2.31 bits per heavy atom. The molecule has 0 aliphatic carbocycles. The lowest BCUT2D eigenvalue weighted by Crippen LogP contribution is -2.37. The van der Waals surface area contributed by atoms with E-state index in [1.54, 1.807) is 0 Å². The van der Waals surface area contributed by atoms with Crippen LogP contribution in [0, 0.1) is 0 Å². The number of para-hydroxylation sites is 1. The molecule has 1 aliphatic rings. The standard InChI is InChI=1S/C12H14INO2/c13-6-3-7-14-12(15)11-8-9-4-1-2-5-10(9)16-11/h1-2,4-5,11H,3,6-8H2,(H,14,15). The zero-order chi connectivity index (χ0) is 11.4. The van der Waals surface area contributed by atoms with Gasteiger partial charge < -0.3 is 10.1 Å². The minimum atomic E-state index is -0.341. The van der Waals surface area contributed by atoms with Gasteiger partial charge in [0.2, 0.25) is 0 Å². The molecule has 2 rings (SSSR count). The number of hydrogen-bond donors (Lipinski definition) is 1. The molecule has 1 heterocycles. The predicted octanol–water partition coefficient (Wildman–Crippen LogP) is 1.93. The predicted molar refractivity (Wildman–Crippen MR) is 71.1 cm³/mol. The summed E-state index contributed by atoms with van der Waals surface area (Å²) in [6, 6.07) is 7.81. The first-order chi connectivity index (χ1) is 7.81. The Morgan fingerprint density at radius 3 is 3.06 bits per heavy atom. The molecule has 1 aliphatic heterocycles. The summed E-state index contributed by atoms with van der Waals surface area (Å²) in [7, 11) is 0. The zero-order valence-corrected chi connectivity index (χ0v) is 11.1. The van der Waals surface area contributed by atoms with E-state index in [0.29, 0.717) is 6.42 Å². The average molecular weight is 331 g/mol. The fourth-order valence-electron chi connectivity index (χ4n) is 1.72. The number of nitrogens with one attached hydrogen (secondary N) is 1. The highest BCUT2D eigenvalue weighted by atomic mass is 127. The van der Waals surface area contributed by atoms with Crippen molar-refractivity contribution in [3.63, 3.8) is 0 Å². The van der Waals surface area contributed by atoms with Crippen LogP contribution in [0.5, 0.6) is 5.75 Å². The Morgan fingerprint density at radius 1 is 1.50 bits per heavy atom. The van der Waals surface area contributed by atoms with Gasteiger partial charge in [0.1, 0.15) is 5.75 Å². The fraction of sp³-hybridized carbons (Fsp3) is 0.417. The molecular weight excluding hydrogens is 317 g/mol. The third-order valence-corrected chi connectivity index (χ3v) is 3.31. The van der Waals surface area contributed by atoms with E-state index in [1.165, 1.54) is 0 Å². The minimum Gasteiger partial charge on any atom is -0.480 e. The first-order valence-corrected chi connectivity index (χ1v) is 6.92. The van der Waals surface area contributed by atoms with E-state index in [-0.39, 0.29) is 12.0 Å². The summed E-state index contributed by atoms with van der Waals surface area (Å²) < 4.78 is 6.64. The summed E-state index contributed by atoms with van der Waals surface area (Å²) in [4.78, 5) is 11.8. The normalized spacial score (nSPS) is 17.7. The SMILES string of the molecule is O=C(NCCCI)C1Cc2ccccc2O1. The maximum atomic E-state index is 11.8. The number of benzene rings is 1. The van der Waals surface area contributed by atoms with Gasteiger partial charge in [-0.05, 0) is 18.1 Å². The number of carbonyl (C=O) groups is 1. The second kappa shape index (κ2) is 5.52. The Bertz CT molecular complexity index is 356. The molecule has 1 N–H and O–H groups in total. The minimum absolute atomic E-state index is 0.000972. The lowest BCUT2D eigenvalue weighted by molar-refractivity contribution is -0.127. The molecule has 0 fully saturated rings. The van der Waals surface area contributed by atoms with E-state index in [0.717, 1.165) is 28.7 Å². The molecule has 1 unspecified atom stereocenters. The molecule has 1 aromatic carbocycles. The number of carbonyl (C=O) groups excluding carboxylic acids is 1. The van der Waals surface area contributed by atoms with Gasteiger partial charge in [-0.1, -0.05) is 40.8 Å². The van der Waals surface area contributed by atoms with Crippen LogP contribution >= 0.6 is 22.6 Å². The number of fused-ring (bicyclic) bond motifs is 1. The van der Waals surface area contributed by atoms with Crippen LogP contribution in [0.4, 0.5) is 0 Å². The van der Waals surface area contributed by atoms with Crippen molar-refractivity contribution < 1.29 is 9.53 Å². The summed E-state index contributed by atoms with van der Waals surface area (Å²) >= 11 is 2.30. The fourth-order valence-corrected chi connectivity index (χ4v) is 2.10. The molecule has 3 nitrogen and oxygen atoms in total. The Labute approximate surface area is 109 Å². The van der Waals surface area contributed by atoms with E-state index < -0.39 is 0 Å². The second-order valence-corrected chi connectivity index (χ2v) is 4.83. The van der Waals surface area contributed by atoms with E-state index in [2.05, 4.69) is 27.9 Å². The van der Waals surface area contributed by atoms with Crippen molar-refractivity contribution in [1.82, 2.24) is 5.32 Å². The first kappa shape index (κ1) is 11.7. The van der Waals surface area contributed by atoms with Gasteiger partial charge in [0, 0.05) is 17.4 Å². The maximum Gasteiger partial charge on any atom is 0.261 e. The highest BCUT2D eigenvalue weighted by molar-refractivity contribution is 14.1. The van der Waals surface area contributed by atoms with E-state index in [9.17, 15) is 4.79 Å². The molecular formula is C12H14INO2. The summed E-state index contributed by atoms with van der Waals surface area (Å²) in [5.74, 6) is 0.845. The van der Waals surface area contributed by atoms with Crippen molar-refractivity contribution >= 4 is 28.5 Å². The molecule has 16 heavy (non-hydrogen) atoms. The van der Waals surface area contributed by atoms with Gasteiger partial charge in [-0.2, -0.15) is 0 Å². The van der Waals surface area contributed by atoms with Crippen molar-refractivity contribution in [2.45, 2.75) is 18.9 Å². The average Bonchev–Trinajstić information content (AvgIpc) is 2.73. The molecule has 1 aromatic rings. The lowest BCUT2D eigenvalue weighted by Gasteiger charge is -2.10. The van der Waals surface area contributed by atoms with E-state index in [4.69, 9.17) is 4.74 Å². The lowest BCUT2D eigenvalue weighted by atomic mass is 10.1. The van der Waals surface area contributed by atoms with Gasteiger partial charge in [-0.15, -0.1) is 0 Å². The largest absolute Gasteiger partial charge is 0.480 e. The molecule has 1 atom stereocenters. The molecule has 0 saturated heterocycles. The number of rotatable bonds is 4. The molecule has 86 valence electrons. The van der Waals surface area contributed by atoms with E-state index >= 15 is 0 Å². The molecule has 0 spiro atoms. The Balaban J connectivity index is 1.88. The zero-order valence-electron chi connectivity index (χ0n) is 8.91. The summed E-state index contributed by atoms with van der Waals surface area (Å²) in [5, 5.41) is 2.89.